The summed E-state index contributed by atoms with van der Waals surface area (Å²) in [6.45, 7) is 0. The number of rotatable bonds is 4. The standard InChI is InChI=1S/C45H27N3O/c1-2-13-30(14-3-1)34-21-11-22-37-39-27-40(35-19-8-9-20-36(35)42(39)49-41(34)37)45-47-43(32-25-24-28-12-4-5-16-31(28)26-32)46-44(48-45)38-23-10-17-29-15-6-7-18-33(29)38/h1-27H. The Balaban J connectivity index is 1.27. The maximum atomic E-state index is 6.76. The highest BCUT2D eigenvalue weighted by atomic mass is 16.3. The van der Waals surface area contributed by atoms with Gasteiger partial charge in [0.1, 0.15) is 11.2 Å². The minimum absolute atomic E-state index is 0.618. The first kappa shape index (κ1) is 27.5. The molecular weight excluding hydrogens is 599 g/mol. The van der Waals surface area contributed by atoms with E-state index in [1.807, 2.05) is 6.07 Å². The summed E-state index contributed by atoms with van der Waals surface area (Å²) in [6.07, 6.45) is 0. The minimum atomic E-state index is 0.618. The van der Waals surface area contributed by atoms with E-state index in [2.05, 4.69) is 158 Å². The van der Waals surface area contributed by atoms with Crippen molar-refractivity contribution < 1.29 is 4.42 Å². The highest BCUT2D eigenvalue weighted by molar-refractivity contribution is 6.20. The average Bonchev–Trinajstić information content (AvgIpc) is 3.56. The Morgan fingerprint density at radius 1 is 0.306 bits per heavy atom. The van der Waals surface area contributed by atoms with Gasteiger partial charge in [-0.3, -0.25) is 0 Å². The van der Waals surface area contributed by atoms with E-state index < -0.39 is 0 Å². The van der Waals surface area contributed by atoms with Gasteiger partial charge in [0.25, 0.3) is 0 Å². The molecule has 228 valence electrons. The number of hydrogen-bond donors (Lipinski definition) is 0. The quantitative estimate of drug-likeness (QED) is 0.195. The summed E-state index contributed by atoms with van der Waals surface area (Å²) in [6, 6.07) is 56.8. The van der Waals surface area contributed by atoms with Gasteiger partial charge in [-0.05, 0) is 44.6 Å². The molecule has 0 aliphatic heterocycles. The van der Waals surface area contributed by atoms with Gasteiger partial charge >= 0.3 is 0 Å². The van der Waals surface area contributed by atoms with E-state index in [-0.39, 0.29) is 0 Å². The molecule has 4 nitrogen and oxygen atoms in total. The summed E-state index contributed by atoms with van der Waals surface area (Å²) in [7, 11) is 0. The maximum Gasteiger partial charge on any atom is 0.164 e. The molecule has 0 aliphatic rings. The highest BCUT2D eigenvalue weighted by Crippen LogP contribution is 2.42. The number of fused-ring (bicyclic) bond motifs is 7. The third-order valence-corrected chi connectivity index (χ3v) is 9.50. The minimum Gasteiger partial charge on any atom is -0.455 e. The summed E-state index contributed by atoms with van der Waals surface area (Å²) in [5, 5.41) is 8.68. The molecule has 10 aromatic rings. The zero-order chi connectivity index (χ0) is 32.3. The molecule has 0 fully saturated rings. The molecule has 0 saturated heterocycles. The molecule has 0 N–H and O–H groups in total. The fraction of sp³-hybridized carbons (Fsp3) is 0. The number of nitrogens with zero attached hydrogens (tertiary/aromatic N) is 3. The van der Waals surface area contributed by atoms with Gasteiger partial charge in [0.2, 0.25) is 0 Å². The Kier molecular flexibility index (Phi) is 6.15. The van der Waals surface area contributed by atoms with Gasteiger partial charge in [-0.2, -0.15) is 0 Å². The van der Waals surface area contributed by atoms with Crippen molar-refractivity contribution in [3.8, 4) is 45.3 Å². The Bertz CT molecular complexity index is 2890. The van der Waals surface area contributed by atoms with Crippen molar-refractivity contribution in [1.82, 2.24) is 15.0 Å². The van der Waals surface area contributed by atoms with E-state index >= 15 is 0 Å². The summed E-state index contributed by atoms with van der Waals surface area (Å²) in [5.74, 6) is 1.89. The Hall–Kier alpha value is -6.65. The lowest BCUT2D eigenvalue weighted by molar-refractivity contribution is 0.674. The summed E-state index contributed by atoms with van der Waals surface area (Å²) in [4.78, 5) is 15.6. The summed E-state index contributed by atoms with van der Waals surface area (Å²) >= 11 is 0. The molecule has 2 aromatic heterocycles. The summed E-state index contributed by atoms with van der Waals surface area (Å²) < 4.78 is 6.76. The molecule has 0 bridgehead atoms. The highest BCUT2D eigenvalue weighted by Gasteiger charge is 2.20. The topological polar surface area (TPSA) is 51.8 Å². The second-order valence-corrected chi connectivity index (χ2v) is 12.4. The second-order valence-electron chi connectivity index (χ2n) is 12.4. The number of para-hydroxylation sites is 1. The van der Waals surface area contributed by atoms with Crippen molar-refractivity contribution >= 4 is 54.3 Å². The fourth-order valence-electron chi connectivity index (χ4n) is 7.14. The van der Waals surface area contributed by atoms with Crippen LogP contribution in [0.2, 0.25) is 0 Å². The third kappa shape index (κ3) is 4.49. The van der Waals surface area contributed by atoms with Gasteiger partial charge in [0.05, 0.1) is 0 Å². The van der Waals surface area contributed by atoms with Gasteiger partial charge in [0, 0.05) is 38.4 Å². The molecule has 0 radical (unpaired) electrons. The smallest absolute Gasteiger partial charge is 0.164 e. The van der Waals surface area contributed by atoms with Crippen LogP contribution in [0.1, 0.15) is 0 Å². The number of hydrogen-bond acceptors (Lipinski definition) is 4. The largest absolute Gasteiger partial charge is 0.455 e. The van der Waals surface area contributed by atoms with Crippen LogP contribution in [0.4, 0.5) is 0 Å². The monoisotopic (exact) mass is 625 g/mol. The van der Waals surface area contributed by atoms with Gasteiger partial charge in [-0.15, -0.1) is 0 Å². The zero-order valence-electron chi connectivity index (χ0n) is 26.3. The Morgan fingerprint density at radius 2 is 0.898 bits per heavy atom. The van der Waals surface area contributed by atoms with Crippen LogP contribution in [0.15, 0.2) is 168 Å². The first-order valence-electron chi connectivity index (χ1n) is 16.4. The van der Waals surface area contributed by atoms with Crippen LogP contribution in [0, 0.1) is 0 Å². The molecule has 0 amide bonds. The van der Waals surface area contributed by atoms with E-state index in [4.69, 9.17) is 19.4 Å². The van der Waals surface area contributed by atoms with Crippen molar-refractivity contribution in [3.63, 3.8) is 0 Å². The van der Waals surface area contributed by atoms with Gasteiger partial charge in [-0.25, -0.2) is 15.0 Å². The van der Waals surface area contributed by atoms with Gasteiger partial charge < -0.3 is 4.42 Å². The molecule has 0 spiro atoms. The Labute approximate surface area is 282 Å². The van der Waals surface area contributed by atoms with Crippen LogP contribution >= 0.6 is 0 Å². The van der Waals surface area contributed by atoms with E-state index in [0.29, 0.717) is 17.5 Å². The van der Waals surface area contributed by atoms with Crippen molar-refractivity contribution in [2.45, 2.75) is 0 Å². The van der Waals surface area contributed by atoms with E-state index in [1.54, 1.807) is 0 Å². The van der Waals surface area contributed by atoms with Crippen molar-refractivity contribution in [2.75, 3.05) is 0 Å². The van der Waals surface area contributed by atoms with Crippen LogP contribution < -0.4 is 0 Å². The van der Waals surface area contributed by atoms with Crippen LogP contribution in [-0.4, -0.2) is 15.0 Å². The van der Waals surface area contributed by atoms with Crippen LogP contribution in [0.5, 0.6) is 0 Å². The fourth-order valence-corrected chi connectivity index (χ4v) is 7.14. The first-order valence-corrected chi connectivity index (χ1v) is 16.4. The lowest BCUT2D eigenvalue weighted by Gasteiger charge is -2.12. The molecule has 49 heavy (non-hydrogen) atoms. The maximum absolute atomic E-state index is 6.76. The Morgan fingerprint density at radius 3 is 1.76 bits per heavy atom. The molecule has 0 aliphatic carbocycles. The third-order valence-electron chi connectivity index (χ3n) is 9.50. The van der Waals surface area contributed by atoms with Crippen molar-refractivity contribution in [1.29, 1.82) is 0 Å². The van der Waals surface area contributed by atoms with Gasteiger partial charge in [0.15, 0.2) is 17.5 Å². The number of aromatic nitrogens is 3. The predicted octanol–water partition coefficient (Wildman–Crippen LogP) is 11.9. The lowest BCUT2D eigenvalue weighted by atomic mass is 9.98. The number of benzene rings is 8. The van der Waals surface area contributed by atoms with Crippen LogP contribution in [-0.2, 0) is 0 Å². The molecule has 0 unspecified atom stereocenters. The second kappa shape index (κ2) is 11.0. The van der Waals surface area contributed by atoms with E-state index in [0.717, 1.165) is 76.7 Å². The average molecular weight is 626 g/mol. The first-order chi connectivity index (χ1) is 24.3. The molecular formula is C45H27N3O. The lowest BCUT2D eigenvalue weighted by Crippen LogP contribution is -2.01. The normalized spacial score (nSPS) is 11.7. The van der Waals surface area contributed by atoms with Crippen molar-refractivity contribution in [3.05, 3.63) is 164 Å². The molecule has 8 aromatic carbocycles. The SMILES string of the molecule is c1ccc(-c2cccc3c2oc2c4ccccc4c(-c4nc(-c5ccc6ccccc6c5)nc(-c5cccc6ccccc56)n4)cc32)cc1. The zero-order valence-corrected chi connectivity index (χ0v) is 26.3. The molecule has 0 atom stereocenters. The molecule has 4 heteroatoms. The van der Waals surface area contributed by atoms with E-state index in [9.17, 15) is 0 Å². The molecule has 2 heterocycles. The molecule has 0 saturated carbocycles. The number of furan rings is 1. The predicted molar refractivity (Wildman–Crippen MR) is 201 cm³/mol. The molecule has 10 rings (SSSR count). The van der Waals surface area contributed by atoms with Gasteiger partial charge in [-0.1, -0.05) is 152 Å². The van der Waals surface area contributed by atoms with Crippen LogP contribution in [0.3, 0.4) is 0 Å². The van der Waals surface area contributed by atoms with Crippen LogP contribution in [0.25, 0.3) is 99.5 Å². The summed E-state index contributed by atoms with van der Waals surface area (Å²) in [5.41, 5.74) is 6.75. The van der Waals surface area contributed by atoms with Crippen molar-refractivity contribution in [2.24, 2.45) is 0 Å². The van der Waals surface area contributed by atoms with E-state index in [1.165, 1.54) is 5.39 Å².